The molecule has 1 fully saturated rings. The Morgan fingerprint density at radius 1 is 1.26 bits per heavy atom. The summed E-state index contributed by atoms with van der Waals surface area (Å²) < 4.78 is 64.5. The Balaban J connectivity index is 1.74. The number of aromatic nitrogens is 2. The normalized spacial score (nSPS) is 18.3. The van der Waals surface area contributed by atoms with Crippen LogP contribution in [0.4, 0.5) is 8.78 Å². The van der Waals surface area contributed by atoms with Crippen LogP contribution in [-0.2, 0) is 10.0 Å². The standard InChI is InChI=1S/C17H19F2N3O4S/c1-2-25-16-6-5-14(8-15(16)19)27(23,24)22-7-3-4-13(11-22)26-17-20-9-12(18)10-21-17/h5-6,8-10,13H,2-4,7,11H2,1H3. The van der Waals surface area contributed by atoms with Gasteiger partial charge in [-0.05, 0) is 38.0 Å². The van der Waals surface area contributed by atoms with Gasteiger partial charge in [0.25, 0.3) is 0 Å². The van der Waals surface area contributed by atoms with Crippen LogP contribution >= 0.6 is 0 Å². The van der Waals surface area contributed by atoms with E-state index in [1.165, 1.54) is 16.4 Å². The fourth-order valence-electron chi connectivity index (χ4n) is 2.79. The van der Waals surface area contributed by atoms with Gasteiger partial charge in [-0.15, -0.1) is 0 Å². The first-order chi connectivity index (χ1) is 12.9. The highest BCUT2D eigenvalue weighted by molar-refractivity contribution is 7.89. The summed E-state index contributed by atoms with van der Waals surface area (Å²) in [5, 5.41) is 0. The first kappa shape index (κ1) is 19.4. The van der Waals surface area contributed by atoms with Crippen molar-refractivity contribution in [3.63, 3.8) is 0 Å². The van der Waals surface area contributed by atoms with Crippen LogP contribution in [0.15, 0.2) is 35.5 Å². The highest BCUT2D eigenvalue weighted by Crippen LogP contribution is 2.26. The maximum Gasteiger partial charge on any atom is 0.316 e. The average Bonchev–Trinajstić information content (AvgIpc) is 2.65. The van der Waals surface area contributed by atoms with E-state index in [4.69, 9.17) is 9.47 Å². The molecule has 0 bridgehead atoms. The van der Waals surface area contributed by atoms with Crippen LogP contribution in [0.2, 0.25) is 0 Å². The van der Waals surface area contributed by atoms with Gasteiger partial charge in [0, 0.05) is 6.54 Å². The van der Waals surface area contributed by atoms with Crippen LogP contribution in [0.1, 0.15) is 19.8 Å². The first-order valence-corrected chi connectivity index (χ1v) is 9.91. The van der Waals surface area contributed by atoms with Crippen molar-refractivity contribution in [3.8, 4) is 11.8 Å². The third-order valence-electron chi connectivity index (χ3n) is 4.05. The van der Waals surface area contributed by atoms with Crippen molar-refractivity contribution in [1.29, 1.82) is 0 Å². The molecule has 0 N–H and O–H groups in total. The largest absolute Gasteiger partial charge is 0.491 e. The third kappa shape index (κ3) is 4.51. The van der Waals surface area contributed by atoms with Gasteiger partial charge >= 0.3 is 6.01 Å². The smallest absolute Gasteiger partial charge is 0.316 e. The molecule has 0 amide bonds. The molecule has 1 aliphatic rings. The van der Waals surface area contributed by atoms with Crippen molar-refractivity contribution < 1.29 is 26.7 Å². The fraction of sp³-hybridized carbons (Fsp3) is 0.412. The van der Waals surface area contributed by atoms with E-state index in [1.807, 2.05) is 0 Å². The lowest BCUT2D eigenvalue weighted by atomic mass is 10.1. The quantitative estimate of drug-likeness (QED) is 0.742. The molecule has 2 heterocycles. The molecule has 0 spiro atoms. The molecule has 1 atom stereocenters. The van der Waals surface area contributed by atoms with E-state index in [0.29, 0.717) is 19.4 Å². The van der Waals surface area contributed by atoms with Gasteiger partial charge in [0.2, 0.25) is 10.0 Å². The van der Waals surface area contributed by atoms with Gasteiger partial charge in [-0.1, -0.05) is 0 Å². The predicted octanol–water partition coefficient (Wildman–Crippen LogP) is 2.39. The Kier molecular flexibility index (Phi) is 5.85. The molecule has 3 rings (SSSR count). The van der Waals surface area contributed by atoms with Crippen LogP contribution in [0.25, 0.3) is 0 Å². The lowest BCUT2D eigenvalue weighted by molar-refractivity contribution is 0.119. The van der Waals surface area contributed by atoms with Crippen LogP contribution in [0.5, 0.6) is 11.8 Å². The molecule has 2 aromatic rings. The van der Waals surface area contributed by atoms with Gasteiger partial charge in [0.1, 0.15) is 6.10 Å². The number of hydrogen-bond acceptors (Lipinski definition) is 6. The molecule has 0 saturated carbocycles. The zero-order valence-electron chi connectivity index (χ0n) is 14.6. The Morgan fingerprint density at radius 2 is 2.00 bits per heavy atom. The van der Waals surface area contributed by atoms with Crippen molar-refractivity contribution in [2.45, 2.75) is 30.8 Å². The topological polar surface area (TPSA) is 81.6 Å². The average molecular weight is 399 g/mol. The summed E-state index contributed by atoms with van der Waals surface area (Å²) in [6, 6.07) is 3.55. The molecule has 1 aliphatic heterocycles. The summed E-state index contributed by atoms with van der Waals surface area (Å²) in [6.45, 7) is 2.35. The second-order valence-corrected chi connectivity index (χ2v) is 7.89. The van der Waals surface area contributed by atoms with Gasteiger partial charge in [0.05, 0.1) is 30.4 Å². The summed E-state index contributed by atoms with van der Waals surface area (Å²) >= 11 is 0. The Labute approximate surface area is 156 Å². The molecule has 27 heavy (non-hydrogen) atoms. The molecule has 10 heteroatoms. The molecular formula is C17H19F2N3O4S. The van der Waals surface area contributed by atoms with Gasteiger partial charge < -0.3 is 9.47 Å². The van der Waals surface area contributed by atoms with Crippen molar-refractivity contribution in [2.75, 3.05) is 19.7 Å². The molecule has 146 valence electrons. The molecule has 7 nitrogen and oxygen atoms in total. The monoisotopic (exact) mass is 399 g/mol. The van der Waals surface area contributed by atoms with Crippen molar-refractivity contribution in [2.24, 2.45) is 0 Å². The van der Waals surface area contributed by atoms with Crippen molar-refractivity contribution >= 4 is 10.0 Å². The minimum absolute atomic E-state index is 0.00441. The van der Waals surface area contributed by atoms with Crippen molar-refractivity contribution in [3.05, 3.63) is 42.2 Å². The molecule has 0 radical (unpaired) electrons. The Morgan fingerprint density at radius 3 is 2.67 bits per heavy atom. The van der Waals surface area contributed by atoms with Gasteiger partial charge in [-0.2, -0.15) is 4.31 Å². The van der Waals surface area contributed by atoms with Gasteiger partial charge in [-0.3, -0.25) is 0 Å². The maximum atomic E-state index is 14.1. The lowest BCUT2D eigenvalue weighted by Crippen LogP contribution is -2.44. The summed E-state index contributed by atoms with van der Waals surface area (Å²) in [7, 11) is -3.89. The van der Waals surface area contributed by atoms with E-state index >= 15 is 0 Å². The van der Waals surface area contributed by atoms with E-state index in [0.717, 1.165) is 18.5 Å². The van der Waals surface area contributed by atoms with Gasteiger partial charge in [0.15, 0.2) is 17.4 Å². The first-order valence-electron chi connectivity index (χ1n) is 8.47. The van der Waals surface area contributed by atoms with E-state index in [-0.39, 0.29) is 29.8 Å². The lowest BCUT2D eigenvalue weighted by Gasteiger charge is -2.31. The molecule has 1 unspecified atom stereocenters. The summed E-state index contributed by atoms with van der Waals surface area (Å²) in [6.07, 6.45) is 2.63. The number of halogens is 2. The fourth-order valence-corrected chi connectivity index (χ4v) is 4.32. The maximum absolute atomic E-state index is 14.1. The second-order valence-electron chi connectivity index (χ2n) is 5.95. The summed E-state index contributed by atoms with van der Waals surface area (Å²) in [5.41, 5.74) is 0. The molecule has 0 aliphatic carbocycles. The number of piperidine rings is 1. The van der Waals surface area contributed by atoms with Crippen LogP contribution in [0.3, 0.4) is 0 Å². The minimum atomic E-state index is -3.89. The zero-order chi connectivity index (χ0) is 19.4. The third-order valence-corrected chi connectivity index (χ3v) is 5.91. The Hall–Kier alpha value is -2.33. The number of sulfonamides is 1. The molecular weight excluding hydrogens is 380 g/mol. The predicted molar refractivity (Wildman–Crippen MR) is 92.0 cm³/mol. The summed E-state index contributed by atoms with van der Waals surface area (Å²) in [4.78, 5) is 7.28. The van der Waals surface area contributed by atoms with E-state index in [9.17, 15) is 17.2 Å². The highest BCUT2D eigenvalue weighted by atomic mass is 32.2. The molecule has 1 aromatic carbocycles. The van der Waals surface area contributed by atoms with Crippen LogP contribution < -0.4 is 9.47 Å². The van der Waals surface area contributed by atoms with E-state index in [2.05, 4.69) is 9.97 Å². The molecule has 1 saturated heterocycles. The molecule has 1 aromatic heterocycles. The number of rotatable bonds is 6. The minimum Gasteiger partial charge on any atom is -0.491 e. The second kappa shape index (κ2) is 8.13. The van der Waals surface area contributed by atoms with E-state index in [1.54, 1.807) is 6.92 Å². The zero-order valence-corrected chi connectivity index (χ0v) is 15.5. The highest BCUT2D eigenvalue weighted by Gasteiger charge is 2.32. The van der Waals surface area contributed by atoms with Crippen LogP contribution in [0, 0.1) is 11.6 Å². The number of hydrogen-bond donors (Lipinski definition) is 0. The van der Waals surface area contributed by atoms with Crippen LogP contribution in [-0.4, -0.2) is 48.5 Å². The SMILES string of the molecule is CCOc1ccc(S(=O)(=O)N2CCCC(Oc3ncc(F)cn3)C2)cc1F. The number of benzene rings is 1. The van der Waals surface area contributed by atoms with Crippen molar-refractivity contribution in [1.82, 2.24) is 14.3 Å². The number of ether oxygens (including phenoxy) is 2. The summed E-state index contributed by atoms with van der Waals surface area (Å²) in [5.74, 6) is -1.32. The van der Waals surface area contributed by atoms with Gasteiger partial charge in [-0.25, -0.2) is 27.2 Å². The Bertz CT molecular complexity index is 894. The number of nitrogens with zero attached hydrogens (tertiary/aromatic N) is 3. The van der Waals surface area contributed by atoms with E-state index < -0.39 is 27.8 Å².